The highest BCUT2D eigenvalue weighted by molar-refractivity contribution is 5.85. The summed E-state index contributed by atoms with van der Waals surface area (Å²) in [6, 6.07) is 11.4. The molecule has 0 aliphatic rings. The zero-order chi connectivity index (χ0) is 20.5. The Bertz CT molecular complexity index is 453. The molecule has 1 aromatic rings. The van der Waals surface area contributed by atoms with Gasteiger partial charge in [0.05, 0.1) is 0 Å². The van der Waals surface area contributed by atoms with Crippen LogP contribution in [0.3, 0.4) is 0 Å². The Morgan fingerprint density at radius 1 is 0.655 bits per heavy atom. The molecule has 0 aliphatic heterocycles. The zero-order valence-corrected chi connectivity index (χ0v) is 20.6. The topological polar surface area (TPSA) is 26.0 Å². The van der Waals surface area contributed by atoms with Crippen LogP contribution in [0.25, 0.3) is 0 Å². The second-order valence-electron chi connectivity index (χ2n) is 8.95. The number of halogens is 1. The number of benzene rings is 1. The minimum absolute atomic E-state index is 0. The Balaban J connectivity index is 0.00000784. The van der Waals surface area contributed by atoms with Crippen molar-refractivity contribution < 1.29 is 0 Å². The third kappa shape index (κ3) is 10.9. The maximum absolute atomic E-state index is 6.88. The van der Waals surface area contributed by atoms with Gasteiger partial charge in [0.15, 0.2) is 0 Å². The summed E-state index contributed by atoms with van der Waals surface area (Å²) in [4.78, 5) is 0. The summed E-state index contributed by atoms with van der Waals surface area (Å²) in [5.41, 5.74) is 8.51. The first-order valence-electron chi connectivity index (χ1n) is 12.5. The molecule has 1 aromatic carbocycles. The second kappa shape index (κ2) is 18.3. The van der Waals surface area contributed by atoms with Crippen molar-refractivity contribution in [3.63, 3.8) is 0 Å². The van der Waals surface area contributed by atoms with Crippen molar-refractivity contribution in [3.8, 4) is 0 Å². The predicted octanol–water partition coefficient (Wildman–Crippen LogP) is 8.97. The average molecular weight is 424 g/mol. The molecule has 0 saturated carbocycles. The lowest BCUT2D eigenvalue weighted by molar-refractivity contribution is 0.272. The Kier molecular flexibility index (Phi) is 17.9. The van der Waals surface area contributed by atoms with Gasteiger partial charge in [-0.2, -0.15) is 0 Å². The highest BCUT2D eigenvalue weighted by Crippen LogP contribution is 2.38. The molecular formula is C27H50ClN. The molecule has 170 valence electrons. The minimum Gasteiger partial charge on any atom is -0.327 e. The number of nitrogens with two attached hydrogens (primary N) is 1. The van der Waals surface area contributed by atoms with Crippen molar-refractivity contribution >= 4 is 12.4 Å². The van der Waals surface area contributed by atoms with Gasteiger partial charge in [-0.1, -0.05) is 135 Å². The summed E-state index contributed by atoms with van der Waals surface area (Å²) < 4.78 is 0. The summed E-state index contributed by atoms with van der Waals surface area (Å²) in [5.74, 6) is 0. The summed E-state index contributed by atoms with van der Waals surface area (Å²) in [6.07, 6.45) is 21.4. The van der Waals surface area contributed by atoms with Gasteiger partial charge in [-0.05, 0) is 24.8 Å². The van der Waals surface area contributed by atoms with Crippen molar-refractivity contribution in [2.45, 2.75) is 135 Å². The van der Waals surface area contributed by atoms with Gasteiger partial charge in [-0.25, -0.2) is 0 Å². The highest BCUT2D eigenvalue weighted by atomic mass is 35.5. The van der Waals surface area contributed by atoms with Crippen molar-refractivity contribution in [1.29, 1.82) is 0 Å². The Hall–Kier alpha value is -0.530. The van der Waals surface area contributed by atoms with Gasteiger partial charge in [0.2, 0.25) is 0 Å². The van der Waals surface area contributed by atoms with Gasteiger partial charge < -0.3 is 5.73 Å². The third-order valence-electron chi connectivity index (χ3n) is 6.57. The van der Waals surface area contributed by atoms with E-state index in [4.69, 9.17) is 5.73 Å². The Morgan fingerprint density at radius 2 is 1.10 bits per heavy atom. The molecule has 1 nitrogen and oxygen atoms in total. The molecule has 0 fully saturated rings. The first-order valence-corrected chi connectivity index (χ1v) is 12.5. The molecule has 1 rings (SSSR count). The van der Waals surface area contributed by atoms with Gasteiger partial charge in [-0.3, -0.25) is 0 Å². The molecule has 0 spiro atoms. The van der Waals surface area contributed by atoms with Gasteiger partial charge in [0, 0.05) is 11.5 Å². The normalized spacial score (nSPS) is 12.6. The fraction of sp³-hybridized carbons (Fsp3) is 0.778. The van der Waals surface area contributed by atoms with Crippen LogP contribution in [-0.2, 0) is 5.41 Å². The molecule has 0 aromatic heterocycles. The number of hydrogen-bond acceptors (Lipinski definition) is 1. The Labute approximate surface area is 189 Å². The van der Waals surface area contributed by atoms with E-state index in [-0.39, 0.29) is 23.9 Å². The highest BCUT2D eigenvalue weighted by Gasteiger charge is 2.36. The predicted molar refractivity (Wildman–Crippen MR) is 134 cm³/mol. The van der Waals surface area contributed by atoms with Gasteiger partial charge in [0.25, 0.3) is 0 Å². The third-order valence-corrected chi connectivity index (χ3v) is 6.57. The van der Waals surface area contributed by atoms with E-state index in [1.807, 2.05) is 0 Å². The van der Waals surface area contributed by atoms with Gasteiger partial charge in [-0.15, -0.1) is 12.4 Å². The van der Waals surface area contributed by atoms with Crippen LogP contribution in [0.4, 0.5) is 0 Å². The lowest BCUT2D eigenvalue weighted by Gasteiger charge is -2.40. The molecule has 0 aliphatic carbocycles. The van der Waals surface area contributed by atoms with Crippen LogP contribution in [0, 0.1) is 0 Å². The maximum Gasteiger partial charge on any atom is 0.0136 e. The summed E-state index contributed by atoms with van der Waals surface area (Å²) in [6.45, 7) is 6.91. The largest absolute Gasteiger partial charge is 0.327 e. The van der Waals surface area contributed by atoms with Crippen LogP contribution in [0.1, 0.15) is 129 Å². The van der Waals surface area contributed by atoms with E-state index >= 15 is 0 Å². The van der Waals surface area contributed by atoms with E-state index in [0.717, 1.165) is 0 Å². The summed E-state index contributed by atoms with van der Waals surface area (Å²) in [5, 5.41) is 0. The molecule has 29 heavy (non-hydrogen) atoms. The van der Waals surface area contributed by atoms with Crippen LogP contribution in [0.5, 0.6) is 0 Å². The first kappa shape index (κ1) is 28.5. The Morgan fingerprint density at radius 3 is 1.55 bits per heavy atom. The van der Waals surface area contributed by atoms with Gasteiger partial charge >= 0.3 is 0 Å². The molecule has 0 heterocycles. The molecule has 0 amide bonds. The van der Waals surface area contributed by atoms with Crippen molar-refractivity contribution in [1.82, 2.24) is 0 Å². The zero-order valence-electron chi connectivity index (χ0n) is 19.8. The lowest BCUT2D eigenvalue weighted by atomic mass is 9.67. The quantitative estimate of drug-likeness (QED) is 0.234. The molecule has 0 radical (unpaired) electrons. The van der Waals surface area contributed by atoms with Crippen molar-refractivity contribution in [3.05, 3.63) is 35.9 Å². The van der Waals surface area contributed by atoms with E-state index in [1.165, 1.54) is 108 Å². The average Bonchev–Trinajstić information content (AvgIpc) is 2.72. The summed E-state index contributed by atoms with van der Waals surface area (Å²) in [7, 11) is 0. The molecule has 0 saturated heterocycles. The smallest absolute Gasteiger partial charge is 0.0136 e. The van der Waals surface area contributed by atoms with E-state index in [0.29, 0.717) is 0 Å². The van der Waals surface area contributed by atoms with E-state index in [2.05, 4.69) is 51.1 Å². The van der Waals surface area contributed by atoms with Crippen LogP contribution < -0.4 is 5.73 Å². The first-order chi connectivity index (χ1) is 13.7. The molecular weight excluding hydrogens is 374 g/mol. The summed E-state index contributed by atoms with van der Waals surface area (Å²) >= 11 is 0. The minimum atomic E-state index is 0. The monoisotopic (exact) mass is 423 g/mol. The second-order valence-corrected chi connectivity index (χ2v) is 8.95. The standard InChI is InChI=1S/C27H49N.ClH/c1-4-7-8-9-10-11-12-13-14-15-19-22-26(28)27(23-5-2,24-6-3)25-20-17-16-18-21-25;/h16-18,20-21,26H,4-15,19,22-24,28H2,1-3H3;1H. The lowest BCUT2D eigenvalue weighted by Crippen LogP contribution is -2.45. The number of unbranched alkanes of at least 4 members (excludes halogenated alkanes) is 10. The van der Waals surface area contributed by atoms with E-state index in [1.54, 1.807) is 0 Å². The van der Waals surface area contributed by atoms with Crippen LogP contribution in [0.2, 0.25) is 0 Å². The fourth-order valence-corrected chi connectivity index (χ4v) is 4.97. The molecule has 2 heteroatoms. The SMILES string of the molecule is CCCCCCCCCCCCCC(N)C(CCC)(CCC)c1ccccc1.Cl. The number of rotatable bonds is 18. The maximum atomic E-state index is 6.88. The van der Waals surface area contributed by atoms with Crippen molar-refractivity contribution in [2.75, 3.05) is 0 Å². The van der Waals surface area contributed by atoms with Crippen LogP contribution >= 0.6 is 12.4 Å². The van der Waals surface area contributed by atoms with E-state index in [9.17, 15) is 0 Å². The molecule has 1 atom stereocenters. The van der Waals surface area contributed by atoms with Gasteiger partial charge in [0.1, 0.15) is 0 Å². The molecule has 0 bridgehead atoms. The van der Waals surface area contributed by atoms with Crippen molar-refractivity contribution in [2.24, 2.45) is 5.73 Å². The number of hydrogen-bond donors (Lipinski definition) is 1. The van der Waals surface area contributed by atoms with E-state index < -0.39 is 0 Å². The van der Waals surface area contributed by atoms with Crippen LogP contribution in [0.15, 0.2) is 30.3 Å². The van der Waals surface area contributed by atoms with Crippen LogP contribution in [-0.4, -0.2) is 6.04 Å². The molecule has 1 unspecified atom stereocenters. The fourth-order valence-electron chi connectivity index (χ4n) is 4.97. The molecule has 2 N–H and O–H groups in total.